The SMILES string of the molecule is CCC(CC)(CN)NC(=O)c1cccc2c1OCCO2.Cl. The zero-order chi connectivity index (χ0) is 14.6. The Morgan fingerprint density at radius 2 is 1.95 bits per heavy atom. The average Bonchev–Trinajstić information content (AvgIpc) is 2.52. The number of hydrogen-bond acceptors (Lipinski definition) is 4. The maximum atomic E-state index is 12.5. The molecule has 0 spiro atoms. The van der Waals surface area contributed by atoms with Gasteiger partial charge in [0.15, 0.2) is 11.5 Å². The minimum absolute atomic E-state index is 0. The van der Waals surface area contributed by atoms with E-state index in [1.165, 1.54) is 0 Å². The molecule has 5 nitrogen and oxygen atoms in total. The Balaban J connectivity index is 0.00000220. The zero-order valence-electron chi connectivity index (χ0n) is 12.5. The molecule has 0 saturated carbocycles. The number of hydrogen-bond donors (Lipinski definition) is 2. The lowest BCUT2D eigenvalue weighted by Crippen LogP contribution is -2.53. The largest absolute Gasteiger partial charge is 0.486 e. The Bertz CT molecular complexity index is 482. The van der Waals surface area contributed by atoms with Crippen LogP contribution >= 0.6 is 12.4 Å². The lowest BCUT2D eigenvalue weighted by Gasteiger charge is -2.32. The van der Waals surface area contributed by atoms with Crippen molar-refractivity contribution in [2.24, 2.45) is 5.73 Å². The second-order valence-electron chi connectivity index (χ2n) is 4.98. The molecule has 0 unspecified atom stereocenters. The van der Waals surface area contributed by atoms with E-state index in [0.717, 1.165) is 12.8 Å². The van der Waals surface area contributed by atoms with Gasteiger partial charge in [-0.25, -0.2) is 0 Å². The summed E-state index contributed by atoms with van der Waals surface area (Å²) in [4.78, 5) is 12.5. The molecule has 118 valence electrons. The van der Waals surface area contributed by atoms with Crippen molar-refractivity contribution in [2.45, 2.75) is 32.2 Å². The summed E-state index contributed by atoms with van der Waals surface area (Å²) in [5.41, 5.74) is 5.96. The molecule has 0 aliphatic carbocycles. The van der Waals surface area contributed by atoms with Crippen LogP contribution in [-0.4, -0.2) is 31.2 Å². The summed E-state index contributed by atoms with van der Waals surface area (Å²) in [6, 6.07) is 5.35. The molecule has 6 heteroatoms. The van der Waals surface area contributed by atoms with Gasteiger partial charge < -0.3 is 20.5 Å². The van der Waals surface area contributed by atoms with E-state index in [2.05, 4.69) is 5.32 Å². The molecule has 0 aromatic heterocycles. The van der Waals surface area contributed by atoms with Crippen molar-refractivity contribution in [3.8, 4) is 11.5 Å². The number of nitrogens with two attached hydrogens (primary N) is 1. The first-order valence-corrected chi connectivity index (χ1v) is 7.07. The van der Waals surface area contributed by atoms with Crippen molar-refractivity contribution in [3.63, 3.8) is 0 Å². The third-order valence-corrected chi connectivity index (χ3v) is 3.93. The molecule has 21 heavy (non-hydrogen) atoms. The van der Waals surface area contributed by atoms with Crippen molar-refractivity contribution in [3.05, 3.63) is 23.8 Å². The smallest absolute Gasteiger partial charge is 0.255 e. The predicted octanol–water partition coefficient (Wildman–Crippen LogP) is 2.13. The van der Waals surface area contributed by atoms with Crippen molar-refractivity contribution >= 4 is 18.3 Å². The second kappa shape index (κ2) is 7.52. The molecule has 1 aliphatic rings. The van der Waals surface area contributed by atoms with Gasteiger partial charge in [0.1, 0.15) is 13.2 Å². The molecule has 0 fully saturated rings. The van der Waals surface area contributed by atoms with E-state index in [0.29, 0.717) is 36.8 Å². The fourth-order valence-corrected chi connectivity index (χ4v) is 2.33. The zero-order valence-corrected chi connectivity index (χ0v) is 13.3. The summed E-state index contributed by atoms with van der Waals surface area (Å²) < 4.78 is 11.1. The number of carbonyl (C=O) groups is 1. The number of fused-ring (bicyclic) bond motifs is 1. The molecule has 0 radical (unpaired) electrons. The van der Waals surface area contributed by atoms with Crippen LogP contribution in [0.25, 0.3) is 0 Å². The Morgan fingerprint density at radius 3 is 2.57 bits per heavy atom. The van der Waals surface area contributed by atoms with Gasteiger partial charge in [-0.2, -0.15) is 0 Å². The average molecular weight is 315 g/mol. The molecule has 0 bridgehead atoms. The predicted molar refractivity (Wildman–Crippen MR) is 84.5 cm³/mol. The summed E-state index contributed by atoms with van der Waals surface area (Å²) in [5.74, 6) is 0.978. The molecule has 1 aromatic rings. The minimum atomic E-state index is -0.366. The Morgan fingerprint density at radius 1 is 1.29 bits per heavy atom. The van der Waals surface area contributed by atoms with Gasteiger partial charge in [0.05, 0.1) is 11.1 Å². The molecule has 0 atom stereocenters. The fourth-order valence-electron chi connectivity index (χ4n) is 2.33. The highest BCUT2D eigenvalue weighted by Gasteiger charge is 2.29. The number of halogens is 1. The van der Waals surface area contributed by atoms with Crippen molar-refractivity contribution in [1.82, 2.24) is 5.32 Å². The highest BCUT2D eigenvalue weighted by Crippen LogP contribution is 2.33. The van der Waals surface area contributed by atoms with E-state index in [4.69, 9.17) is 15.2 Å². The third-order valence-electron chi connectivity index (χ3n) is 3.93. The van der Waals surface area contributed by atoms with Crippen LogP contribution in [0, 0.1) is 0 Å². The maximum absolute atomic E-state index is 12.5. The second-order valence-corrected chi connectivity index (χ2v) is 4.98. The summed E-state index contributed by atoms with van der Waals surface area (Å²) in [6.45, 7) is 5.43. The molecular formula is C15H23ClN2O3. The fraction of sp³-hybridized carbons (Fsp3) is 0.533. The third kappa shape index (κ3) is 3.60. The molecular weight excluding hydrogens is 292 g/mol. The van der Waals surface area contributed by atoms with Gasteiger partial charge in [0.2, 0.25) is 0 Å². The highest BCUT2D eigenvalue weighted by molar-refractivity contribution is 5.98. The van der Waals surface area contributed by atoms with Crippen LogP contribution in [0.3, 0.4) is 0 Å². The first-order valence-electron chi connectivity index (χ1n) is 7.07. The summed E-state index contributed by atoms with van der Waals surface area (Å²) in [7, 11) is 0. The van der Waals surface area contributed by atoms with Crippen LogP contribution in [0.2, 0.25) is 0 Å². The van der Waals surface area contributed by atoms with Gasteiger partial charge in [-0.1, -0.05) is 19.9 Å². The van der Waals surface area contributed by atoms with Crippen molar-refractivity contribution < 1.29 is 14.3 Å². The van der Waals surface area contributed by atoms with E-state index >= 15 is 0 Å². The number of amides is 1. The number of carbonyl (C=O) groups excluding carboxylic acids is 1. The lowest BCUT2D eigenvalue weighted by atomic mass is 9.92. The van der Waals surface area contributed by atoms with Crippen LogP contribution in [-0.2, 0) is 0 Å². The van der Waals surface area contributed by atoms with Gasteiger partial charge in [-0.3, -0.25) is 4.79 Å². The Hall–Kier alpha value is -1.46. The summed E-state index contributed by atoms with van der Waals surface area (Å²) in [6.07, 6.45) is 1.58. The van der Waals surface area contributed by atoms with Crippen molar-refractivity contribution in [1.29, 1.82) is 0 Å². The molecule has 0 saturated heterocycles. The van der Waals surface area contributed by atoms with Crippen LogP contribution in [0.4, 0.5) is 0 Å². The van der Waals surface area contributed by atoms with Crippen molar-refractivity contribution in [2.75, 3.05) is 19.8 Å². The number of rotatable bonds is 5. The van der Waals surface area contributed by atoms with Crippen LogP contribution < -0.4 is 20.5 Å². The van der Waals surface area contributed by atoms with Crippen LogP contribution in [0.1, 0.15) is 37.0 Å². The quantitative estimate of drug-likeness (QED) is 0.873. The standard InChI is InChI=1S/C15H22N2O3.ClH/c1-3-15(4-2,10-16)17-14(18)11-6-5-7-12-13(11)20-9-8-19-12;/h5-7H,3-4,8-10,16H2,1-2H3,(H,17,18);1H. The summed E-state index contributed by atoms with van der Waals surface area (Å²) in [5, 5.41) is 3.05. The minimum Gasteiger partial charge on any atom is -0.486 e. The molecule has 1 aromatic carbocycles. The first kappa shape index (κ1) is 17.6. The number of nitrogens with one attached hydrogen (secondary N) is 1. The van der Waals surface area contributed by atoms with E-state index in [9.17, 15) is 4.79 Å². The van der Waals surface area contributed by atoms with Gasteiger partial charge in [0.25, 0.3) is 5.91 Å². The number of benzene rings is 1. The lowest BCUT2D eigenvalue weighted by molar-refractivity contribution is 0.0884. The summed E-state index contributed by atoms with van der Waals surface area (Å²) >= 11 is 0. The monoisotopic (exact) mass is 314 g/mol. The maximum Gasteiger partial charge on any atom is 0.255 e. The van der Waals surface area contributed by atoms with E-state index in [1.54, 1.807) is 18.2 Å². The molecule has 1 heterocycles. The van der Waals surface area contributed by atoms with Gasteiger partial charge in [0, 0.05) is 6.54 Å². The highest BCUT2D eigenvalue weighted by atomic mass is 35.5. The van der Waals surface area contributed by atoms with E-state index < -0.39 is 0 Å². The Labute approximate surface area is 131 Å². The van der Waals surface area contributed by atoms with E-state index in [-0.39, 0.29) is 23.9 Å². The van der Waals surface area contributed by atoms with Crippen LogP contribution in [0.15, 0.2) is 18.2 Å². The normalized spacial score (nSPS) is 13.3. The van der Waals surface area contributed by atoms with E-state index in [1.807, 2.05) is 13.8 Å². The number of para-hydroxylation sites is 1. The van der Waals surface area contributed by atoms with Gasteiger partial charge in [-0.05, 0) is 25.0 Å². The van der Waals surface area contributed by atoms with Gasteiger partial charge in [-0.15, -0.1) is 12.4 Å². The Kier molecular flexibility index (Phi) is 6.30. The van der Waals surface area contributed by atoms with Gasteiger partial charge >= 0.3 is 0 Å². The van der Waals surface area contributed by atoms with Crippen LogP contribution in [0.5, 0.6) is 11.5 Å². The molecule has 3 N–H and O–H groups in total. The first-order chi connectivity index (χ1) is 9.65. The topological polar surface area (TPSA) is 73.6 Å². The number of ether oxygens (including phenoxy) is 2. The molecule has 2 rings (SSSR count). The molecule has 1 aliphatic heterocycles. The molecule has 1 amide bonds.